The third-order valence-corrected chi connectivity index (χ3v) is 21.6. The minimum absolute atomic E-state index is 0.115. The van der Waals surface area contributed by atoms with E-state index in [1.807, 2.05) is 48.5 Å². The van der Waals surface area contributed by atoms with Crippen molar-refractivity contribution in [3.63, 3.8) is 0 Å². The zero-order valence-electron chi connectivity index (χ0n) is 46.0. The van der Waals surface area contributed by atoms with Crippen molar-refractivity contribution in [2.45, 2.75) is 146 Å². The molecule has 8 nitrogen and oxygen atoms in total. The van der Waals surface area contributed by atoms with Gasteiger partial charge in [0.1, 0.15) is 30.7 Å². The zero-order chi connectivity index (χ0) is 51.8. The molecule has 4 saturated carbocycles. The molecule has 0 spiro atoms. The van der Waals surface area contributed by atoms with Gasteiger partial charge in [-0.1, -0.05) is 108 Å². The number of esters is 1. The lowest BCUT2D eigenvalue weighted by atomic mass is 9.33. The summed E-state index contributed by atoms with van der Waals surface area (Å²) >= 11 is 0. The van der Waals surface area contributed by atoms with E-state index in [0.717, 1.165) is 85.0 Å². The monoisotopic (exact) mass is 987 g/mol. The van der Waals surface area contributed by atoms with Gasteiger partial charge in [-0.2, -0.15) is 0 Å². The number of nitrogens with zero attached hydrogens (tertiary/aromatic N) is 2. The molecule has 4 fully saturated rings. The number of hydrogen-bond donors (Lipinski definition) is 1. The van der Waals surface area contributed by atoms with E-state index in [9.17, 15) is 0 Å². The number of allylic oxidation sites excluding steroid dienone is 5. The number of ketones is 1. The summed E-state index contributed by atoms with van der Waals surface area (Å²) in [5.74, 6) is 2.05. The van der Waals surface area contributed by atoms with E-state index < -0.39 is 22.9 Å². The molecule has 0 saturated heterocycles. The van der Waals surface area contributed by atoms with Crippen LogP contribution in [0.2, 0.25) is 0 Å². The Kier molecular flexibility index (Phi) is 13.5. The molecule has 8 heteroatoms. The van der Waals surface area contributed by atoms with E-state index in [1.165, 1.54) is 24.8 Å². The Labute approximate surface area is 437 Å². The van der Waals surface area contributed by atoms with Crippen LogP contribution in [-0.2, 0) is 20.9 Å². The van der Waals surface area contributed by atoms with Crippen molar-refractivity contribution in [1.82, 2.24) is 5.32 Å². The van der Waals surface area contributed by atoms with Crippen LogP contribution in [0.3, 0.4) is 0 Å². The fraction of sp³-hybridized carbons (Fsp3) is 0.569. The SMILES string of the molecule is CCN(CC)c1ccc2c(c1)OC1=CC(=[N+](CC)CC)C=CC1C2c1ccccc1C(=O)O[C@H]1CC[C@@]2(C)[C@@H](CC[C@]3(C)[C@@H]2C(=O)C=C2[C@@H]4[C@@H](C)[C@H](C)CC[C@]4(C)CC[C@]23C)[C@@]1(C)C(=O)NCc1ccccc1. The summed E-state index contributed by atoms with van der Waals surface area (Å²) in [6.07, 6.45) is 15.6. The molecule has 7 aliphatic rings. The smallest absolute Gasteiger partial charge is 0.338 e. The summed E-state index contributed by atoms with van der Waals surface area (Å²) in [6.45, 7) is 29.3. The highest BCUT2D eigenvalue weighted by molar-refractivity contribution is 6.02. The minimum Gasteiger partial charge on any atom is -0.460 e. The van der Waals surface area contributed by atoms with Crippen molar-refractivity contribution < 1.29 is 28.4 Å². The van der Waals surface area contributed by atoms with Gasteiger partial charge in [0.25, 0.3) is 0 Å². The molecule has 73 heavy (non-hydrogen) atoms. The van der Waals surface area contributed by atoms with Gasteiger partial charge in [0.2, 0.25) is 11.6 Å². The summed E-state index contributed by atoms with van der Waals surface area (Å²) in [5, 5.41) is 3.37. The first-order chi connectivity index (χ1) is 34.9. The Hall–Kier alpha value is -5.24. The maximum Gasteiger partial charge on any atom is 0.338 e. The lowest BCUT2D eigenvalue weighted by molar-refractivity contribution is -0.519. The number of carbonyl (C=O) groups excluding carboxylic acids is 3. The topological polar surface area (TPSA) is 88.0 Å². The summed E-state index contributed by atoms with van der Waals surface area (Å²) in [7, 11) is 0. The van der Waals surface area contributed by atoms with Crippen LogP contribution in [0.4, 0.5) is 5.69 Å². The maximum absolute atomic E-state index is 15.5. The number of benzene rings is 3. The van der Waals surface area contributed by atoms with E-state index >= 15 is 14.4 Å². The Morgan fingerprint density at radius 3 is 2.26 bits per heavy atom. The number of amides is 1. The Morgan fingerprint density at radius 2 is 1.53 bits per heavy atom. The Morgan fingerprint density at radius 1 is 0.808 bits per heavy atom. The van der Waals surface area contributed by atoms with Crippen LogP contribution in [-0.4, -0.2) is 60.2 Å². The van der Waals surface area contributed by atoms with Gasteiger partial charge in [-0.05, 0) is 161 Å². The molecular weight excluding hydrogens is 903 g/mol. The van der Waals surface area contributed by atoms with Crippen molar-refractivity contribution in [3.8, 4) is 5.75 Å². The van der Waals surface area contributed by atoms with Gasteiger partial charge < -0.3 is 19.7 Å². The fourth-order valence-corrected chi connectivity index (χ4v) is 17.0. The molecular formula is C65H84N3O5+. The minimum atomic E-state index is -1.12. The number of ether oxygens (including phenoxy) is 2. The maximum atomic E-state index is 15.5. The molecule has 3 aromatic rings. The van der Waals surface area contributed by atoms with Gasteiger partial charge in [0.05, 0.1) is 11.0 Å². The van der Waals surface area contributed by atoms with Crippen molar-refractivity contribution >= 4 is 29.1 Å². The quantitative estimate of drug-likeness (QED) is 0.152. The molecule has 1 aliphatic heterocycles. The number of hydrogen-bond acceptors (Lipinski definition) is 6. The second-order valence-corrected chi connectivity index (χ2v) is 24.8. The van der Waals surface area contributed by atoms with Crippen molar-refractivity contribution in [2.24, 2.45) is 62.6 Å². The number of nitrogens with one attached hydrogen (secondary N) is 1. The van der Waals surface area contributed by atoms with Crippen molar-refractivity contribution in [3.05, 3.63) is 131 Å². The Bertz CT molecular complexity index is 2780. The predicted molar refractivity (Wildman–Crippen MR) is 293 cm³/mol. The molecule has 3 aromatic carbocycles. The van der Waals surface area contributed by atoms with Crippen LogP contribution in [0.15, 0.2) is 108 Å². The van der Waals surface area contributed by atoms with Gasteiger partial charge >= 0.3 is 5.97 Å². The van der Waals surface area contributed by atoms with Gasteiger partial charge in [-0.25, -0.2) is 9.37 Å². The predicted octanol–water partition coefficient (Wildman–Crippen LogP) is 13.3. The van der Waals surface area contributed by atoms with E-state index in [2.05, 4.69) is 140 Å². The van der Waals surface area contributed by atoms with Crippen LogP contribution in [0.1, 0.15) is 160 Å². The van der Waals surface area contributed by atoms with Gasteiger partial charge in [-0.3, -0.25) is 9.59 Å². The molecule has 13 atom stereocenters. The summed E-state index contributed by atoms with van der Waals surface area (Å²) in [4.78, 5) is 48.7. The first-order valence-corrected chi connectivity index (χ1v) is 28.4. The number of rotatable bonds is 11. The lowest BCUT2D eigenvalue weighted by Gasteiger charge is -2.70. The molecule has 1 N–H and O–H groups in total. The summed E-state index contributed by atoms with van der Waals surface area (Å²) in [5.41, 5.74) is 5.21. The molecule has 388 valence electrons. The summed E-state index contributed by atoms with van der Waals surface area (Å²) in [6, 6.07) is 24.5. The molecule has 2 unspecified atom stereocenters. The second-order valence-electron chi connectivity index (χ2n) is 24.8. The van der Waals surface area contributed by atoms with E-state index in [4.69, 9.17) is 9.47 Å². The van der Waals surface area contributed by atoms with Crippen LogP contribution in [0, 0.1) is 62.6 Å². The first kappa shape index (κ1) is 51.3. The van der Waals surface area contributed by atoms with E-state index in [0.29, 0.717) is 42.7 Å². The third-order valence-electron chi connectivity index (χ3n) is 21.6. The van der Waals surface area contributed by atoms with Crippen molar-refractivity contribution in [1.29, 1.82) is 0 Å². The third kappa shape index (κ3) is 8.03. The average Bonchev–Trinajstić information content (AvgIpc) is 3.38. The van der Waals surface area contributed by atoms with Gasteiger partial charge in [-0.15, -0.1) is 0 Å². The highest BCUT2D eigenvalue weighted by Gasteiger charge is 2.72. The van der Waals surface area contributed by atoms with E-state index in [-0.39, 0.29) is 51.6 Å². The largest absolute Gasteiger partial charge is 0.460 e. The number of carbonyl (C=O) groups is 3. The zero-order valence-corrected chi connectivity index (χ0v) is 46.0. The summed E-state index contributed by atoms with van der Waals surface area (Å²) < 4.78 is 16.2. The fourth-order valence-electron chi connectivity index (χ4n) is 17.0. The Balaban J connectivity index is 1.03. The van der Waals surface area contributed by atoms with Crippen LogP contribution >= 0.6 is 0 Å². The van der Waals surface area contributed by atoms with Crippen LogP contribution < -0.4 is 15.0 Å². The molecule has 6 aliphatic carbocycles. The molecule has 0 radical (unpaired) electrons. The van der Waals surface area contributed by atoms with Crippen LogP contribution in [0.25, 0.3) is 0 Å². The molecule has 1 heterocycles. The van der Waals surface area contributed by atoms with E-state index in [1.54, 1.807) is 0 Å². The number of fused-ring (bicyclic) bond motifs is 9. The molecule has 1 amide bonds. The highest BCUT2D eigenvalue weighted by Crippen LogP contribution is 2.75. The first-order valence-electron chi connectivity index (χ1n) is 28.4. The number of anilines is 1. The van der Waals surface area contributed by atoms with Crippen LogP contribution in [0.5, 0.6) is 5.75 Å². The molecule has 0 aromatic heterocycles. The molecule has 0 bridgehead atoms. The second kappa shape index (κ2) is 19.2. The lowest BCUT2D eigenvalue weighted by Crippen LogP contribution is -2.69. The highest BCUT2D eigenvalue weighted by atomic mass is 16.5. The van der Waals surface area contributed by atoms with Gasteiger partial charge in [0, 0.05) is 66.9 Å². The standard InChI is InChI=1S/C65H83N3O5/c1-12-67(13-2)44-25-27-48-52(37-44)72-53-38-45(68(14-3)15-4)26-28-49(53)56(48)46-23-19-20-24-47(46)59(70)73-55-31-33-62(8)54(65(55,11)60(71)66-40-43-21-17-16-18-22-43)30-34-64(10)58(62)51(69)39-50-57-42(6)41(5)29-32-61(57,7)35-36-63(50,64)9/h16-28,37-39,41-42,48,54-58H,12-15,29-36,40H2,1-11H3/p+1/t41-,42+,48?,54-,55+,56?,57+,58-,61-,62+,63-,64-,65-/m1/s1. The average molecular weight is 987 g/mol. The van der Waals surface area contributed by atoms with Crippen molar-refractivity contribution in [2.75, 3.05) is 31.1 Å². The van der Waals surface area contributed by atoms with Gasteiger partial charge in [0.15, 0.2) is 5.78 Å². The normalized spacial score (nSPS) is 36.0. The molecule has 10 rings (SSSR count).